The van der Waals surface area contributed by atoms with Crippen LogP contribution in [0.4, 0.5) is 0 Å². The second kappa shape index (κ2) is 13.0. The van der Waals surface area contributed by atoms with Gasteiger partial charge in [-0.3, -0.25) is 0 Å². The van der Waals surface area contributed by atoms with Crippen LogP contribution in [0.25, 0.3) is 0 Å². The van der Waals surface area contributed by atoms with E-state index in [9.17, 15) is 0 Å². The first kappa shape index (κ1) is 23.1. The summed E-state index contributed by atoms with van der Waals surface area (Å²) in [6.07, 6.45) is 35.1. The Balaban J connectivity index is 1.29. The number of rotatable bonds is 9. The summed E-state index contributed by atoms with van der Waals surface area (Å²) < 4.78 is 0. The van der Waals surface area contributed by atoms with Gasteiger partial charge in [-0.05, 0) is 107 Å². The van der Waals surface area contributed by atoms with Gasteiger partial charge in [0.2, 0.25) is 0 Å². The molecule has 3 fully saturated rings. The van der Waals surface area contributed by atoms with E-state index in [0.29, 0.717) is 0 Å². The monoisotopic (exact) mass is 398 g/mol. The van der Waals surface area contributed by atoms with Crippen LogP contribution in [-0.2, 0) is 0 Å². The third kappa shape index (κ3) is 7.91. The summed E-state index contributed by atoms with van der Waals surface area (Å²) in [4.78, 5) is 0. The minimum absolute atomic E-state index is 0.867. The largest absolute Gasteiger partial charge is 0.0914 e. The van der Waals surface area contributed by atoms with Gasteiger partial charge in [0.25, 0.3) is 0 Å². The van der Waals surface area contributed by atoms with Crippen LogP contribution < -0.4 is 0 Å². The summed E-state index contributed by atoms with van der Waals surface area (Å²) >= 11 is 0. The molecule has 3 saturated carbocycles. The topological polar surface area (TPSA) is 0 Å². The lowest BCUT2D eigenvalue weighted by Crippen LogP contribution is -2.25. The van der Waals surface area contributed by atoms with Crippen molar-refractivity contribution in [2.45, 2.75) is 123 Å². The standard InChI is InChI=1S/C29H50/c1-3-5-6-7-9-25-16-20-28(21-17-25)29-22-18-27(19-23-29)15-14-26-12-10-24(8-4-2)11-13-26/h4,8,14-15,24-29H,3,5-7,9-13,16-23H2,1-2H3/b8-4+,15-14+. The van der Waals surface area contributed by atoms with Crippen LogP contribution in [0.15, 0.2) is 24.3 Å². The van der Waals surface area contributed by atoms with Gasteiger partial charge in [0.05, 0.1) is 0 Å². The Morgan fingerprint density at radius 1 is 0.552 bits per heavy atom. The summed E-state index contributed by atoms with van der Waals surface area (Å²) in [5, 5.41) is 0. The zero-order chi connectivity index (χ0) is 20.3. The average molecular weight is 399 g/mol. The first-order valence-electron chi connectivity index (χ1n) is 13.6. The molecule has 0 atom stereocenters. The molecular formula is C29H50. The number of unbranched alkanes of at least 4 members (excludes halogenated alkanes) is 3. The van der Waals surface area contributed by atoms with Crippen LogP contribution in [0.1, 0.15) is 123 Å². The van der Waals surface area contributed by atoms with E-state index in [0.717, 1.165) is 35.5 Å². The van der Waals surface area contributed by atoms with E-state index < -0.39 is 0 Å². The summed E-state index contributed by atoms with van der Waals surface area (Å²) in [6, 6.07) is 0. The van der Waals surface area contributed by atoms with Crippen LogP contribution in [0, 0.1) is 35.5 Å². The Morgan fingerprint density at radius 3 is 1.55 bits per heavy atom. The Hall–Kier alpha value is -0.520. The Kier molecular flexibility index (Phi) is 10.4. The zero-order valence-corrected chi connectivity index (χ0v) is 19.8. The lowest BCUT2D eigenvalue weighted by molar-refractivity contribution is 0.151. The van der Waals surface area contributed by atoms with Gasteiger partial charge in [-0.1, -0.05) is 76.2 Å². The van der Waals surface area contributed by atoms with Gasteiger partial charge in [-0.25, -0.2) is 0 Å². The fourth-order valence-electron chi connectivity index (χ4n) is 6.73. The van der Waals surface area contributed by atoms with Crippen molar-refractivity contribution >= 4 is 0 Å². The van der Waals surface area contributed by atoms with Crippen molar-refractivity contribution in [2.75, 3.05) is 0 Å². The zero-order valence-electron chi connectivity index (χ0n) is 19.8. The number of hydrogen-bond donors (Lipinski definition) is 0. The smallest absolute Gasteiger partial charge is 0.0233 e. The molecule has 0 amide bonds. The predicted molar refractivity (Wildman–Crippen MR) is 129 cm³/mol. The van der Waals surface area contributed by atoms with E-state index in [-0.39, 0.29) is 0 Å². The molecule has 0 N–H and O–H groups in total. The van der Waals surface area contributed by atoms with Crippen molar-refractivity contribution in [3.8, 4) is 0 Å². The van der Waals surface area contributed by atoms with Gasteiger partial charge in [-0.15, -0.1) is 0 Å². The summed E-state index contributed by atoms with van der Waals surface area (Å²) in [7, 11) is 0. The Bertz CT molecular complexity index is 462. The van der Waals surface area contributed by atoms with Gasteiger partial charge in [0, 0.05) is 0 Å². The minimum atomic E-state index is 0.867. The molecule has 3 aliphatic carbocycles. The van der Waals surface area contributed by atoms with Crippen molar-refractivity contribution < 1.29 is 0 Å². The molecule has 0 aromatic carbocycles. The molecule has 0 spiro atoms. The predicted octanol–water partition coefficient (Wildman–Crippen LogP) is 9.51. The third-order valence-electron chi connectivity index (χ3n) is 8.78. The minimum Gasteiger partial charge on any atom is -0.0914 e. The van der Waals surface area contributed by atoms with Crippen molar-refractivity contribution in [1.82, 2.24) is 0 Å². The molecule has 29 heavy (non-hydrogen) atoms. The summed E-state index contributed by atoms with van der Waals surface area (Å²) in [5.74, 6) is 5.86. The molecule has 0 aromatic heterocycles. The second-order valence-electron chi connectivity index (χ2n) is 10.9. The van der Waals surface area contributed by atoms with Crippen molar-refractivity contribution in [3.05, 3.63) is 24.3 Å². The van der Waals surface area contributed by atoms with Gasteiger partial charge in [0.1, 0.15) is 0 Å². The maximum absolute atomic E-state index is 2.64. The Labute approximate surface area is 183 Å². The molecule has 0 aromatic rings. The highest BCUT2D eigenvalue weighted by atomic mass is 14.4. The SMILES string of the molecule is C/C=C/C1CCC(/C=C/C2CCC(C3CCC(CCCCCC)CC3)CC2)CC1. The van der Waals surface area contributed by atoms with Crippen molar-refractivity contribution in [2.24, 2.45) is 35.5 Å². The third-order valence-corrected chi connectivity index (χ3v) is 8.78. The molecule has 0 unspecified atom stereocenters. The van der Waals surface area contributed by atoms with Gasteiger partial charge in [-0.2, -0.15) is 0 Å². The molecule has 0 saturated heterocycles. The maximum atomic E-state index is 2.64. The highest BCUT2D eigenvalue weighted by Gasteiger charge is 2.30. The van der Waals surface area contributed by atoms with Crippen LogP contribution in [0.2, 0.25) is 0 Å². The molecule has 166 valence electrons. The first-order valence-corrected chi connectivity index (χ1v) is 13.6. The molecule has 0 nitrogen and oxygen atoms in total. The van der Waals surface area contributed by atoms with Crippen LogP contribution in [0.3, 0.4) is 0 Å². The van der Waals surface area contributed by atoms with E-state index in [2.05, 4.69) is 38.2 Å². The highest BCUT2D eigenvalue weighted by molar-refractivity contribution is 4.98. The average Bonchev–Trinajstić information content (AvgIpc) is 2.77. The van der Waals surface area contributed by atoms with Crippen molar-refractivity contribution in [1.29, 1.82) is 0 Å². The molecule has 3 rings (SSSR count). The summed E-state index contributed by atoms with van der Waals surface area (Å²) in [5.41, 5.74) is 0. The van der Waals surface area contributed by atoms with E-state index in [1.165, 1.54) is 83.5 Å². The molecule has 0 aliphatic heterocycles. The van der Waals surface area contributed by atoms with E-state index in [1.54, 1.807) is 25.7 Å². The normalized spacial score (nSPS) is 36.8. The number of allylic oxidation sites excluding steroid dienone is 4. The van der Waals surface area contributed by atoms with Crippen LogP contribution in [-0.4, -0.2) is 0 Å². The summed E-state index contributed by atoms with van der Waals surface area (Å²) in [6.45, 7) is 4.49. The molecular weight excluding hydrogens is 348 g/mol. The van der Waals surface area contributed by atoms with Crippen molar-refractivity contribution in [3.63, 3.8) is 0 Å². The molecule has 0 heteroatoms. The fourth-order valence-corrected chi connectivity index (χ4v) is 6.73. The molecule has 0 bridgehead atoms. The second-order valence-corrected chi connectivity index (χ2v) is 10.9. The molecule has 3 aliphatic rings. The van der Waals surface area contributed by atoms with Gasteiger partial charge in [0.15, 0.2) is 0 Å². The van der Waals surface area contributed by atoms with E-state index >= 15 is 0 Å². The van der Waals surface area contributed by atoms with Gasteiger partial charge < -0.3 is 0 Å². The number of hydrogen-bond acceptors (Lipinski definition) is 0. The lowest BCUT2D eigenvalue weighted by atomic mass is 9.68. The fraction of sp³-hybridized carbons (Fsp3) is 0.862. The van der Waals surface area contributed by atoms with Crippen LogP contribution in [0.5, 0.6) is 0 Å². The molecule has 0 heterocycles. The van der Waals surface area contributed by atoms with Gasteiger partial charge >= 0.3 is 0 Å². The quantitative estimate of drug-likeness (QED) is 0.268. The van der Waals surface area contributed by atoms with Crippen LogP contribution >= 0.6 is 0 Å². The maximum Gasteiger partial charge on any atom is -0.0233 e. The Morgan fingerprint density at radius 2 is 1.03 bits per heavy atom. The first-order chi connectivity index (χ1) is 14.3. The van der Waals surface area contributed by atoms with E-state index in [1.807, 2.05) is 0 Å². The van der Waals surface area contributed by atoms with E-state index in [4.69, 9.17) is 0 Å². The lowest BCUT2D eigenvalue weighted by Gasteiger charge is -2.37. The molecule has 0 radical (unpaired) electrons. The highest BCUT2D eigenvalue weighted by Crippen LogP contribution is 2.43.